The highest BCUT2D eigenvalue weighted by Crippen LogP contribution is 2.49. The Morgan fingerprint density at radius 3 is 2.23 bits per heavy atom. The van der Waals surface area contributed by atoms with E-state index in [-0.39, 0.29) is 74.3 Å². The van der Waals surface area contributed by atoms with Gasteiger partial charge in [0.2, 0.25) is 5.91 Å². The molecule has 7 rings (SSSR count). The second-order valence-corrected chi connectivity index (χ2v) is 20.3. The van der Waals surface area contributed by atoms with E-state index in [1.54, 1.807) is 53.2 Å². The average molecular weight is 971 g/mol. The van der Waals surface area contributed by atoms with Crippen molar-refractivity contribution in [1.29, 1.82) is 5.26 Å². The van der Waals surface area contributed by atoms with Crippen LogP contribution >= 0.6 is 8.53 Å². The Hall–Kier alpha value is -6.20. The average Bonchev–Trinajstić information content (AvgIpc) is 3.74. The van der Waals surface area contributed by atoms with Crippen molar-refractivity contribution in [3.63, 3.8) is 0 Å². The molecule has 0 saturated carbocycles. The molecule has 0 aromatic heterocycles. The number of fused-ring (bicyclic) bond motifs is 2. The topological polar surface area (TPSA) is 163 Å². The number of likely N-dealkylation sites (tertiary alicyclic amines) is 1. The maximum atomic E-state index is 14.7. The summed E-state index contributed by atoms with van der Waals surface area (Å²) < 4.78 is 45.0. The number of methoxy groups -OCH3 is 2. The Morgan fingerprint density at radius 2 is 1.59 bits per heavy atom. The van der Waals surface area contributed by atoms with E-state index in [9.17, 15) is 19.6 Å². The monoisotopic (exact) mass is 970 g/mol. The molecule has 3 aliphatic rings. The second-order valence-electron chi connectivity index (χ2n) is 18.9. The van der Waals surface area contributed by atoms with Gasteiger partial charge in [-0.25, -0.2) is 9.65 Å². The van der Waals surface area contributed by atoms with Gasteiger partial charge in [-0.1, -0.05) is 42.5 Å². The molecular formula is C55H63N4O10P. The number of nitrogens with zero attached hydrogens (tertiary/aromatic N) is 4. The normalized spacial score (nSPS) is 15.5. The van der Waals surface area contributed by atoms with Crippen LogP contribution in [-0.4, -0.2) is 84.6 Å². The van der Waals surface area contributed by atoms with Gasteiger partial charge in [0.1, 0.15) is 28.5 Å². The lowest BCUT2D eigenvalue weighted by atomic mass is 9.90. The Labute approximate surface area is 411 Å². The fraction of sp³-hybridized carbons (Fsp3) is 0.400. The Bertz CT molecular complexity index is 2810. The fourth-order valence-corrected chi connectivity index (χ4v) is 10.3. The van der Waals surface area contributed by atoms with Crippen LogP contribution in [0.5, 0.6) is 17.2 Å². The van der Waals surface area contributed by atoms with Gasteiger partial charge in [0.25, 0.3) is 8.53 Å². The van der Waals surface area contributed by atoms with Crippen molar-refractivity contribution in [1.82, 2.24) is 14.6 Å². The number of ether oxygens (including phenoxy) is 4. The number of carbonyl (C=O) groups is 2. The van der Waals surface area contributed by atoms with Crippen molar-refractivity contribution in [2.75, 3.05) is 34.0 Å². The van der Waals surface area contributed by atoms with Gasteiger partial charge in [-0.15, -0.1) is 0 Å². The van der Waals surface area contributed by atoms with Crippen LogP contribution in [0.4, 0.5) is 0 Å². The highest BCUT2D eigenvalue weighted by molar-refractivity contribution is 7.44. The van der Waals surface area contributed by atoms with Crippen molar-refractivity contribution in [2.24, 2.45) is 5.41 Å². The van der Waals surface area contributed by atoms with E-state index < -0.39 is 26.0 Å². The van der Waals surface area contributed by atoms with Crippen LogP contribution in [0.25, 0.3) is 44.8 Å². The maximum absolute atomic E-state index is 14.7. The van der Waals surface area contributed by atoms with Crippen LogP contribution in [0.1, 0.15) is 78.9 Å². The van der Waals surface area contributed by atoms with Gasteiger partial charge >= 0.3 is 5.97 Å². The molecule has 0 N–H and O–H groups in total. The van der Waals surface area contributed by atoms with Crippen LogP contribution in [0.15, 0.2) is 106 Å². The van der Waals surface area contributed by atoms with Crippen LogP contribution in [-0.2, 0) is 36.4 Å². The van der Waals surface area contributed by atoms with Gasteiger partial charge < -0.3 is 37.3 Å². The highest BCUT2D eigenvalue weighted by atomic mass is 31.2. The smallest absolute Gasteiger partial charge is 0.316 e. The number of rotatable bonds is 20. The minimum atomic E-state index is -1.59. The van der Waals surface area contributed by atoms with Crippen LogP contribution in [0.3, 0.4) is 0 Å². The van der Waals surface area contributed by atoms with Gasteiger partial charge in [0, 0.05) is 37.2 Å². The summed E-state index contributed by atoms with van der Waals surface area (Å²) in [5.74, 6) is 1.48. The van der Waals surface area contributed by atoms with Gasteiger partial charge in [-0.2, -0.15) is 5.26 Å². The number of benzene rings is 5. The summed E-state index contributed by atoms with van der Waals surface area (Å²) >= 11 is 0. The van der Waals surface area contributed by atoms with E-state index in [1.807, 2.05) is 59.5 Å². The Balaban J connectivity index is 1.18. The lowest BCUT2D eigenvalue weighted by molar-refractivity contribution is -0.143. The number of nitriles is 1. The summed E-state index contributed by atoms with van der Waals surface area (Å²) in [6.45, 7) is 14.6. The highest BCUT2D eigenvalue weighted by Gasteiger charge is 2.40. The van der Waals surface area contributed by atoms with E-state index in [0.29, 0.717) is 41.1 Å². The van der Waals surface area contributed by atoms with Crippen molar-refractivity contribution in [3.8, 4) is 57.0 Å². The first kappa shape index (κ1) is 51.6. The van der Waals surface area contributed by atoms with E-state index in [0.717, 1.165) is 39.3 Å². The number of esters is 1. The van der Waals surface area contributed by atoms with E-state index in [4.69, 9.17) is 37.4 Å². The van der Waals surface area contributed by atoms with Crippen molar-refractivity contribution < 1.29 is 42.0 Å². The molecule has 4 aromatic carbocycles. The standard InChI is InChI=1S/C55H63N4O10P/c1-35(2)59(36(3)4)70(66-27-11-26-56)69-45-29-41(34-65-33-40-12-10-13-46(37-14-20-43(63-8)21-15-37)53(40)38-16-22-44(64-9)23-17-38)58(32-45)52(61)25-18-39-28-48-51(31-49(39)68-54(62)55(5,6)7)67-50-30-42(60)19-24-47(50)57-48/h10,12-17,19-24,28,30-31,35-36,41,45H,11,18,25,27,29,32-34H2,1-9H3/t41-,45+,70?/m0/s1. The predicted molar refractivity (Wildman–Crippen MR) is 271 cm³/mol. The number of hydrogen-bond acceptors (Lipinski definition) is 13. The van der Waals surface area contributed by atoms with Crippen molar-refractivity contribution >= 4 is 31.5 Å². The summed E-state index contributed by atoms with van der Waals surface area (Å²) in [4.78, 5) is 46.7. The zero-order valence-corrected chi connectivity index (χ0v) is 42.4. The third kappa shape index (κ3) is 12.6. The first-order valence-electron chi connectivity index (χ1n) is 23.7. The summed E-state index contributed by atoms with van der Waals surface area (Å²) in [6.07, 6.45) is 0.609. The minimum Gasteiger partial charge on any atom is -0.497 e. The second kappa shape index (κ2) is 23.1. The Morgan fingerprint density at radius 1 is 0.900 bits per heavy atom. The SMILES string of the molecule is COc1ccc(-c2cccc(COC[C@@H]3C[C@@H](OP(OCCC#N)N(C(C)C)C(C)C)CN3C(=O)CCc3cc4nc5ccc(=O)cc-5oc4cc3OC(=O)C(C)(C)C)c2-c2ccc(OC)cc2)cc1. The molecule has 4 aromatic rings. The third-order valence-electron chi connectivity index (χ3n) is 12.1. The number of hydrogen-bond donors (Lipinski definition) is 0. The Kier molecular flexibility index (Phi) is 17.1. The third-order valence-corrected chi connectivity index (χ3v) is 14.2. The lowest BCUT2D eigenvalue weighted by Gasteiger charge is -2.36. The minimum absolute atomic E-state index is 0.0716. The lowest BCUT2D eigenvalue weighted by Crippen LogP contribution is -2.39. The van der Waals surface area contributed by atoms with E-state index in [1.165, 1.54) is 12.1 Å². The van der Waals surface area contributed by atoms with Crippen molar-refractivity contribution in [2.45, 2.75) is 105 Å². The number of aromatic nitrogens is 1. The molecule has 0 radical (unpaired) electrons. The maximum Gasteiger partial charge on any atom is 0.316 e. The van der Waals surface area contributed by atoms with E-state index >= 15 is 0 Å². The molecule has 1 aliphatic carbocycles. The van der Waals surface area contributed by atoms with Gasteiger partial charge in [-0.3, -0.25) is 14.4 Å². The molecule has 3 atom stereocenters. The van der Waals surface area contributed by atoms with Crippen LogP contribution < -0.4 is 19.6 Å². The summed E-state index contributed by atoms with van der Waals surface area (Å²) in [5, 5.41) is 9.36. The molecule has 1 amide bonds. The first-order valence-corrected chi connectivity index (χ1v) is 24.8. The number of aryl methyl sites for hydroxylation is 1. The molecule has 1 saturated heterocycles. The summed E-state index contributed by atoms with van der Waals surface area (Å²) in [6, 6.07) is 31.9. The van der Waals surface area contributed by atoms with Gasteiger partial charge in [0.05, 0.1) is 64.1 Å². The molecular weight excluding hydrogens is 908 g/mol. The summed E-state index contributed by atoms with van der Waals surface area (Å²) in [7, 11) is 1.71. The summed E-state index contributed by atoms with van der Waals surface area (Å²) in [5.41, 5.74) is 5.90. The molecule has 15 heteroatoms. The number of carbonyl (C=O) groups excluding carboxylic acids is 2. The van der Waals surface area contributed by atoms with Crippen LogP contribution in [0, 0.1) is 16.7 Å². The molecule has 1 unspecified atom stereocenters. The zero-order valence-electron chi connectivity index (χ0n) is 41.5. The molecule has 368 valence electrons. The molecule has 70 heavy (non-hydrogen) atoms. The van der Waals surface area contributed by atoms with E-state index in [2.05, 4.69) is 50.6 Å². The first-order chi connectivity index (χ1) is 33.6. The predicted octanol–water partition coefficient (Wildman–Crippen LogP) is 11.0. The van der Waals surface area contributed by atoms with Crippen molar-refractivity contribution in [3.05, 3.63) is 118 Å². The zero-order chi connectivity index (χ0) is 50.1. The molecule has 1 fully saturated rings. The molecule has 14 nitrogen and oxygen atoms in total. The van der Waals surface area contributed by atoms with Gasteiger partial charge in [0.15, 0.2) is 16.8 Å². The fourth-order valence-electron chi connectivity index (χ4n) is 8.58. The quantitative estimate of drug-likeness (QED) is 0.0234. The number of amides is 1. The molecule has 0 spiro atoms. The largest absolute Gasteiger partial charge is 0.497 e. The molecule has 2 aliphatic heterocycles. The van der Waals surface area contributed by atoms with Crippen LogP contribution in [0.2, 0.25) is 0 Å². The molecule has 2 heterocycles. The van der Waals surface area contributed by atoms with Gasteiger partial charge in [-0.05, 0) is 137 Å². The molecule has 0 bridgehead atoms.